The zero-order valence-corrected chi connectivity index (χ0v) is 15.9. The van der Waals surface area contributed by atoms with Crippen LogP contribution in [0.4, 0.5) is 4.39 Å². The summed E-state index contributed by atoms with van der Waals surface area (Å²) in [6.45, 7) is 2.09. The second kappa shape index (κ2) is 8.86. The second-order valence-electron chi connectivity index (χ2n) is 7.17. The van der Waals surface area contributed by atoms with E-state index < -0.39 is 17.3 Å². The highest BCUT2D eigenvalue weighted by Gasteiger charge is 2.34. The van der Waals surface area contributed by atoms with Gasteiger partial charge in [0.05, 0.1) is 6.20 Å². The van der Waals surface area contributed by atoms with Crippen molar-refractivity contribution in [3.63, 3.8) is 0 Å². The number of nitrogens with zero attached hydrogens (tertiary/aromatic N) is 3. The Morgan fingerprint density at radius 1 is 1.14 bits per heavy atom. The van der Waals surface area contributed by atoms with Gasteiger partial charge >= 0.3 is 0 Å². The summed E-state index contributed by atoms with van der Waals surface area (Å²) in [6, 6.07) is 2.79. The summed E-state index contributed by atoms with van der Waals surface area (Å²) in [7, 11) is 0. The molecule has 2 aromatic rings. The minimum atomic E-state index is -0.634. The lowest BCUT2D eigenvalue weighted by molar-refractivity contribution is 0.0846. The topological polar surface area (TPSA) is 96.9 Å². The molecule has 2 N–H and O–H groups in total. The Bertz CT molecular complexity index is 838. The highest BCUT2D eigenvalue weighted by Crippen LogP contribution is 2.31. The molecule has 0 saturated heterocycles. The number of carbonyl (C=O) groups excluding carboxylic acids is 2. The largest absolute Gasteiger partial charge is 0.351 e. The van der Waals surface area contributed by atoms with Crippen molar-refractivity contribution >= 4 is 11.8 Å². The number of hydrogen-bond donors (Lipinski definition) is 2. The van der Waals surface area contributed by atoms with Crippen LogP contribution in [0.15, 0.2) is 30.7 Å². The molecule has 0 atom stereocenters. The van der Waals surface area contributed by atoms with E-state index in [4.69, 9.17) is 0 Å². The first-order valence-electron chi connectivity index (χ1n) is 9.49. The van der Waals surface area contributed by atoms with Crippen LogP contribution < -0.4 is 10.6 Å². The minimum absolute atomic E-state index is 0.187. The maximum absolute atomic E-state index is 14.1. The molecule has 2 heterocycles. The molecule has 7 nitrogen and oxygen atoms in total. The van der Waals surface area contributed by atoms with Crippen LogP contribution in [0, 0.1) is 12.7 Å². The molecule has 8 heteroatoms. The molecule has 0 unspecified atom stereocenters. The molecule has 0 radical (unpaired) electrons. The van der Waals surface area contributed by atoms with Gasteiger partial charge in [0, 0.05) is 30.2 Å². The highest BCUT2D eigenvalue weighted by atomic mass is 19.1. The summed E-state index contributed by atoms with van der Waals surface area (Å²) in [4.78, 5) is 36.7. The molecule has 0 aromatic carbocycles. The molecule has 1 aliphatic carbocycles. The molecule has 2 aromatic heterocycles. The van der Waals surface area contributed by atoms with Crippen molar-refractivity contribution < 1.29 is 14.0 Å². The standard InChI is InChI=1S/C20H24FN5O2/c1-14-5-6-15(21)17(25-14)19(28)26-20(7-3-2-4-8-20)9-10-24-18(27)16-13-22-11-12-23-16/h5-6,11-13H,2-4,7-10H2,1H3,(H,24,27)(H,26,28). The van der Waals surface area contributed by atoms with Crippen molar-refractivity contribution in [2.45, 2.75) is 51.0 Å². The Hall–Kier alpha value is -2.90. The maximum atomic E-state index is 14.1. The lowest BCUT2D eigenvalue weighted by Gasteiger charge is -2.38. The third-order valence-corrected chi connectivity index (χ3v) is 5.07. The lowest BCUT2D eigenvalue weighted by atomic mass is 9.79. The SMILES string of the molecule is Cc1ccc(F)c(C(=O)NC2(CCNC(=O)c3cnccn3)CCCCC2)n1. The first-order chi connectivity index (χ1) is 13.5. The summed E-state index contributed by atoms with van der Waals surface area (Å²) >= 11 is 0. The summed E-state index contributed by atoms with van der Waals surface area (Å²) in [5.41, 5.74) is 0.160. The van der Waals surface area contributed by atoms with E-state index in [0.717, 1.165) is 32.1 Å². The molecule has 148 valence electrons. The van der Waals surface area contributed by atoms with Gasteiger partial charge in [-0.2, -0.15) is 0 Å². The maximum Gasteiger partial charge on any atom is 0.273 e. The molecule has 1 fully saturated rings. The first kappa shape index (κ1) is 19.9. The number of rotatable bonds is 6. The Kier molecular flexibility index (Phi) is 6.28. The number of hydrogen-bond acceptors (Lipinski definition) is 5. The third-order valence-electron chi connectivity index (χ3n) is 5.07. The smallest absolute Gasteiger partial charge is 0.273 e. The molecule has 0 spiro atoms. The quantitative estimate of drug-likeness (QED) is 0.797. The summed E-state index contributed by atoms with van der Waals surface area (Å²) in [5.74, 6) is -1.45. The van der Waals surface area contributed by atoms with Crippen LogP contribution in [0.2, 0.25) is 0 Å². The molecule has 1 saturated carbocycles. The van der Waals surface area contributed by atoms with Crippen LogP contribution in [0.3, 0.4) is 0 Å². The summed E-state index contributed by atoms with van der Waals surface area (Å²) < 4.78 is 14.1. The fourth-order valence-corrected chi connectivity index (χ4v) is 3.59. The average molecular weight is 385 g/mol. The van der Waals surface area contributed by atoms with E-state index in [9.17, 15) is 14.0 Å². The van der Waals surface area contributed by atoms with E-state index in [1.54, 1.807) is 6.92 Å². The van der Waals surface area contributed by atoms with Gasteiger partial charge < -0.3 is 10.6 Å². The van der Waals surface area contributed by atoms with Gasteiger partial charge in [0.25, 0.3) is 11.8 Å². The van der Waals surface area contributed by atoms with Crippen LogP contribution in [0.5, 0.6) is 0 Å². The number of pyridine rings is 1. The predicted molar refractivity (Wildman–Crippen MR) is 101 cm³/mol. The Labute approximate surface area is 163 Å². The van der Waals surface area contributed by atoms with E-state index in [-0.39, 0.29) is 17.3 Å². The van der Waals surface area contributed by atoms with Crippen LogP contribution >= 0.6 is 0 Å². The zero-order valence-electron chi connectivity index (χ0n) is 15.9. The van der Waals surface area contributed by atoms with E-state index in [1.807, 2.05) is 0 Å². The zero-order chi connectivity index (χ0) is 20.0. The van der Waals surface area contributed by atoms with Gasteiger partial charge in [-0.05, 0) is 38.3 Å². The monoisotopic (exact) mass is 385 g/mol. The van der Waals surface area contributed by atoms with E-state index in [1.165, 1.54) is 30.7 Å². The van der Waals surface area contributed by atoms with E-state index in [0.29, 0.717) is 18.7 Å². The summed E-state index contributed by atoms with van der Waals surface area (Å²) in [5, 5.41) is 5.83. The molecule has 28 heavy (non-hydrogen) atoms. The second-order valence-corrected chi connectivity index (χ2v) is 7.17. The van der Waals surface area contributed by atoms with Gasteiger partial charge in [0.1, 0.15) is 5.69 Å². The van der Waals surface area contributed by atoms with Gasteiger partial charge in [0.2, 0.25) is 0 Å². The molecular weight excluding hydrogens is 361 g/mol. The number of amides is 2. The third kappa shape index (κ3) is 4.88. The van der Waals surface area contributed by atoms with Gasteiger partial charge in [-0.15, -0.1) is 0 Å². The van der Waals surface area contributed by atoms with Crippen molar-refractivity contribution in [2.75, 3.05) is 6.54 Å². The van der Waals surface area contributed by atoms with Gasteiger partial charge in [-0.1, -0.05) is 19.3 Å². The Morgan fingerprint density at radius 2 is 1.93 bits per heavy atom. The highest BCUT2D eigenvalue weighted by molar-refractivity contribution is 5.93. The Balaban J connectivity index is 1.66. The lowest BCUT2D eigenvalue weighted by Crippen LogP contribution is -2.51. The van der Waals surface area contributed by atoms with Crippen molar-refractivity contribution in [1.82, 2.24) is 25.6 Å². The van der Waals surface area contributed by atoms with Crippen molar-refractivity contribution in [2.24, 2.45) is 0 Å². The molecule has 0 aliphatic heterocycles. The van der Waals surface area contributed by atoms with Crippen molar-refractivity contribution in [3.05, 3.63) is 53.6 Å². The van der Waals surface area contributed by atoms with Gasteiger partial charge in [0.15, 0.2) is 11.5 Å². The number of aromatic nitrogens is 3. The van der Waals surface area contributed by atoms with Crippen molar-refractivity contribution in [1.29, 1.82) is 0 Å². The van der Waals surface area contributed by atoms with Gasteiger partial charge in [-0.3, -0.25) is 14.6 Å². The molecule has 3 rings (SSSR count). The summed E-state index contributed by atoms with van der Waals surface area (Å²) in [6.07, 6.45) is 9.53. The molecule has 2 amide bonds. The fourth-order valence-electron chi connectivity index (χ4n) is 3.59. The molecular formula is C20H24FN5O2. The number of nitrogens with one attached hydrogen (secondary N) is 2. The molecule has 1 aliphatic rings. The molecule has 0 bridgehead atoms. The normalized spacial score (nSPS) is 15.6. The number of halogens is 1. The van der Waals surface area contributed by atoms with Crippen molar-refractivity contribution in [3.8, 4) is 0 Å². The number of aryl methyl sites for hydroxylation is 1. The van der Waals surface area contributed by atoms with Crippen LogP contribution in [-0.2, 0) is 0 Å². The average Bonchev–Trinajstić information content (AvgIpc) is 2.71. The predicted octanol–water partition coefficient (Wildman–Crippen LogP) is 2.57. The fraction of sp³-hybridized carbons (Fsp3) is 0.450. The van der Waals surface area contributed by atoms with E-state index in [2.05, 4.69) is 25.6 Å². The van der Waals surface area contributed by atoms with Crippen LogP contribution in [0.25, 0.3) is 0 Å². The number of carbonyl (C=O) groups is 2. The van der Waals surface area contributed by atoms with E-state index >= 15 is 0 Å². The van der Waals surface area contributed by atoms with Crippen LogP contribution in [-0.4, -0.2) is 38.8 Å². The minimum Gasteiger partial charge on any atom is -0.351 e. The van der Waals surface area contributed by atoms with Gasteiger partial charge in [-0.25, -0.2) is 14.4 Å². The first-order valence-corrected chi connectivity index (χ1v) is 9.49. The Morgan fingerprint density at radius 3 is 2.64 bits per heavy atom. The van der Waals surface area contributed by atoms with Crippen LogP contribution in [0.1, 0.15) is 65.2 Å².